The minimum absolute atomic E-state index is 0.235. The zero-order valence-electron chi connectivity index (χ0n) is 13.6. The minimum atomic E-state index is -1.72. The van der Waals surface area contributed by atoms with Crippen molar-refractivity contribution < 1.29 is 14.3 Å². The number of hydrogen-bond acceptors (Lipinski definition) is 3. The molecule has 0 spiro atoms. The molecule has 0 aliphatic rings. The highest BCUT2D eigenvalue weighted by Gasteiger charge is 2.22. The van der Waals surface area contributed by atoms with Crippen LogP contribution in [0.4, 0.5) is 0 Å². The maximum atomic E-state index is 11.7. The second kappa shape index (κ2) is 7.78. The first-order chi connectivity index (χ1) is 10.3. The molecule has 0 radical (unpaired) electrons. The SMILES string of the molecule is CCOC(=O)CC(=C=Cc1ccccc1C(N)=O)[Si](C)(C)C. The Morgan fingerprint density at radius 2 is 1.91 bits per heavy atom. The van der Waals surface area contributed by atoms with Gasteiger partial charge in [-0.15, -0.1) is 5.73 Å². The Hall–Kier alpha value is -2.10. The molecule has 0 aliphatic carbocycles. The molecule has 0 aromatic heterocycles. The summed E-state index contributed by atoms with van der Waals surface area (Å²) in [6.45, 7) is 8.58. The fraction of sp³-hybridized carbons (Fsp3) is 0.353. The number of carbonyl (C=O) groups is 2. The molecule has 1 rings (SSSR count). The molecule has 0 aliphatic heterocycles. The fourth-order valence-electron chi connectivity index (χ4n) is 1.90. The van der Waals surface area contributed by atoms with Crippen LogP contribution in [0.25, 0.3) is 6.08 Å². The molecule has 2 N–H and O–H groups in total. The lowest BCUT2D eigenvalue weighted by Crippen LogP contribution is -2.26. The molecule has 0 saturated heterocycles. The lowest BCUT2D eigenvalue weighted by molar-refractivity contribution is -0.142. The predicted octanol–water partition coefficient (Wildman–Crippen LogP) is 3.15. The van der Waals surface area contributed by atoms with Crippen molar-refractivity contribution in [2.75, 3.05) is 6.61 Å². The van der Waals surface area contributed by atoms with Gasteiger partial charge in [-0.25, -0.2) is 0 Å². The molecule has 4 nitrogen and oxygen atoms in total. The number of primary amides is 1. The molecule has 0 saturated carbocycles. The Labute approximate surface area is 132 Å². The standard InChI is InChI=1S/C17H23NO3Si/c1-5-21-16(19)12-14(22(2,3)4)11-10-13-8-6-7-9-15(13)17(18)20/h6-10H,5,12H2,1-4H3,(H2,18,20). The smallest absolute Gasteiger partial charge is 0.310 e. The number of benzene rings is 1. The summed E-state index contributed by atoms with van der Waals surface area (Å²) in [7, 11) is -1.72. The second-order valence-corrected chi connectivity index (χ2v) is 11.1. The number of rotatable bonds is 6. The van der Waals surface area contributed by atoms with E-state index in [0.29, 0.717) is 17.7 Å². The molecule has 0 atom stereocenters. The summed E-state index contributed by atoms with van der Waals surface area (Å²) in [5.74, 6) is -0.724. The molecule has 5 heteroatoms. The van der Waals surface area contributed by atoms with Gasteiger partial charge in [0.15, 0.2) is 0 Å². The molecule has 0 bridgehead atoms. The number of nitrogens with two attached hydrogens (primary N) is 1. The maximum Gasteiger partial charge on any atom is 0.310 e. The summed E-state index contributed by atoms with van der Waals surface area (Å²) >= 11 is 0. The average molecular weight is 317 g/mol. The van der Waals surface area contributed by atoms with Crippen molar-refractivity contribution >= 4 is 26.0 Å². The van der Waals surface area contributed by atoms with Crippen LogP contribution in [0.2, 0.25) is 19.6 Å². The van der Waals surface area contributed by atoms with Gasteiger partial charge in [-0.05, 0) is 29.8 Å². The minimum Gasteiger partial charge on any atom is -0.466 e. The predicted molar refractivity (Wildman–Crippen MR) is 91.0 cm³/mol. The van der Waals surface area contributed by atoms with Gasteiger partial charge in [-0.2, -0.15) is 0 Å². The van der Waals surface area contributed by atoms with Crippen molar-refractivity contribution in [3.05, 3.63) is 46.3 Å². The molecule has 22 heavy (non-hydrogen) atoms. The number of ether oxygens (including phenoxy) is 1. The molecule has 0 heterocycles. The molecular weight excluding hydrogens is 294 g/mol. The zero-order valence-corrected chi connectivity index (χ0v) is 14.6. The van der Waals surface area contributed by atoms with Crippen LogP contribution in [0.15, 0.2) is 35.2 Å². The van der Waals surface area contributed by atoms with Crippen molar-refractivity contribution in [2.45, 2.75) is 33.0 Å². The first-order valence-corrected chi connectivity index (χ1v) is 10.8. The first-order valence-electron chi connectivity index (χ1n) is 7.26. The van der Waals surface area contributed by atoms with Crippen molar-refractivity contribution in [3.63, 3.8) is 0 Å². The number of carbonyl (C=O) groups excluding carboxylic acids is 2. The highest BCUT2D eigenvalue weighted by Crippen LogP contribution is 2.19. The van der Waals surface area contributed by atoms with Crippen LogP contribution in [-0.4, -0.2) is 26.6 Å². The molecular formula is C17H23NO3Si. The Kier molecular flexibility index (Phi) is 6.34. The van der Waals surface area contributed by atoms with E-state index in [1.54, 1.807) is 31.2 Å². The van der Waals surface area contributed by atoms with E-state index in [1.807, 2.05) is 6.07 Å². The van der Waals surface area contributed by atoms with Crippen molar-refractivity contribution in [2.24, 2.45) is 5.73 Å². The van der Waals surface area contributed by atoms with Crippen molar-refractivity contribution in [1.29, 1.82) is 0 Å². The third kappa shape index (κ3) is 5.35. The normalized spacial score (nSPS) is 10.5. The van der Waals surface area contributed by atoms with E-state index >= 15 is 0 Å². The molecule has 0 unspecified atom stereocenters. The van der Waals surface area contributed by atoms with Gasteiger partial charge >= 0.3 is 5.97 Å². The van der Waals surface area contributed by atoms with Crippen molar-refractivity contribution in [3.8, 4) is 0 Å². The van der Waals surface area contributed by atoms with Gasteiger partial charge in [0.2, 0.25) is 5.91 Å². The van der Waals surface area contributed by atoms with Crippen LogP contribution in [0.3, 0.4) is 0 Å². The van der Waals surface area contributed by atoms with Crippen LogP contribution in [0, 0.1) is 0 Å². The van der Waals surface area contributed by atoms with Gasteiger partial charge in [-0.1, -0.05) is 37.8 Å². The Balaban J connectivity index is 3.22. The fourth-order valence-corrected chi connectivity index (χ4v) is 3.08. The summed E-state index contributed by atoms with van der Waals surface area (Å²) in [5, 5.41) is 0.949. The molecule has 118 valence electrons. The summed E-state index contributed by atoms with van der Waals surface area (Å²) in [5.41, 5.74) is 9.72. The maximum absolute atomic E-state index is 11.7. The Bertz CT molecular complexity index is 623. The summed E-state index contributed by atoms with van der Waals surface area (Å²) < 4.78 is 5.02. The van der Waals surface area contributed by atoms with Gasteiger partial charge in [0.05, 0.1) is 21.1 Å². The second-order valence-electron chi connectivity index (χ2n) is 5.95. The van der Waals surface area contributed by atoms with Crippen molar-refractivity contribution in [1.82, 2.24) is 0 Å². The summed E-state index contributed by atoms with van der Waals surface area (Å²) in [6, 6.07) is 7.08. The lowest BCUT2D eigenvalue weighted by atomic mass is 10.1. The highest BCUT2D eigenvalue weighted by molar-refractivity contribution is 6.83. The molecule has 1 aromatic carbocycles. The third-order valence-corrected chi connectivity index (χ3v) is 5.29. The number of esters is 1. The van der Waals surface area contributed by atoms with Gasteiger partial charge in [0, 0.05) is 5.56 Å². The van der Waals surface area contributed by atoms with E-state index in [1.165, 1.54) is 0 Å². The van der Waals surface area contributed by atoms with E-state index < -0.39 is 14.0 Å². The van der Waals surface area contributed by atoms with Gasteiger partial charge in [0.25, 0.3) is 0 Å². The van der Waals surface area contributed by atoms with Crippen LogP contribution < -0.4 is 5.73 Å². The van der Waals surface area contributed by atoms with E-state index in [-0.39, 0.29) is 12.4 Å². The zero-order chi connectivity index (χ0) is 16.8. The van der Waals surface area contributed by atoms with Gasteiger partial charge in [0.1, 0.15) is 0 Å². The Morgan fingerprint density at radius 1 is 1.27 bits per heavy atom. The van der Waals surface area contributed by atoms with E-state index in [2.05, 4.69) is 25.4 Å². The Morgan fingerprint density at radius 3 is 2.45 bits per heavy atom. The van der Waals surface area contributed by atoms with Gasteiger partial charge < -0.3 is 10.5 Å². The topological polar surface area (TPSA) is 69.4 Å². The monoisotopic (exact) mass is 317 g/mol. The molecule has 0 fully saturated rings. The average Bonchev–Trinajstić information content (AvgIpc) is 2.42. The van der Waals surface area contributed by atoms with E-state index in [9.17, 15) is 9.59 Å². The van der Waals surface area contributed by atoms with Gasteiger partial charge in [-0.3, -0.25) is 9.59 Å². The van der Waals surface area contributed by atoms with Crippen LogP contribution in [0.1, 0.15) is 29.3 Å². The largest absolute Gasteiger partial charge is 0.466 e. The summed E-state index contributed by atoms with van der Waals surface area (Å²) in [4.78, 5) is 23.2. The molecule has 1 amide bonds. The highest BCUT2D eigenvalue weighted by atomic mass is 28.3. The molecule has 1 aromatic rings. The third-order valence-electron chi connectivity index (χ3n) is 3.16. The first kappa shape index (κ1) is 17.9. The van der Waals surface area contributed by atoms with Crippen LogP contribution in [0.5, 0.6) is 0 Å². The van der Waals surface area contributed by atoms with E-state index in [0.717, 1.165) is 5.20 Å². The quantitative estimate of drug-likeness (QED) is 0.498. The lowest BCUT2D eigenvalue weighted by Gasteiger charge is -2.18. The van der Waals surface area contributed by atoms with Crippen LogP contribution >= 0.6 is 0 Å². The number of amides is 1. The van der Waals surface area contributed by atoms with Crippen LogP contribution in [-0.2, 0) is 9.53 Å². The number of hydrogen-bond donors (Lipinski definition) is 1. The van der Waals surface area contributed by atoms with E-state index in [4.69, 9.17) is 10.5 Å². The summed E-state index contributed by atoms with van der Waals surface area (Å²) in [6.07, 6.45) is 1.96.